The first kappa shape index (κ1) is 10.9. The van der Waals surface area contributed by atoms with Gasteiger partial charge in [-0.2, -0.15) is 0 Å². The summed E-state index contributed by atoms with van der Waals surface area (Å²) in [5.74, 6) is 0.348. The van der Waals surface area contributed by atoms with Crippen LogP contribution >= 0.6 is 0 Å². The topological polar surface area (TPSA) is 46.3 Å². The number of hydrogen-bond donors (Lipinski definition) is 1. The maximum Gasteiger partial charge on any atom is 0.230 e. The lowest BCUT2D eigenvalue weighted by atomic mass is 10.1. The van der Waals surface area contributed by atoms with E-state index in [0.717, 1.165) is 32.2 Å². The molecule has 2 aliphatic carbocycles. The third-order valence-electron chi connectivity index (χ3n) is 3.70. The maximum atomic E-state index is 12.3. The van der Waals surface area contributed by atoms with Crippen LogP contribution in [0.4, 0.5) is 0 Å². The molecule has 2 fully saturated rings. The molecule has 86 valence electrons. The van der Waals surface area contributed by atoms with Crippen molar-refractivity contribution in [2.75, 3.05) is 13.1 Å². The van der Waals surface area contributed by atoms with Crippen molar-refractivity contribution in [2.45, 2.75) is 51.5 Å². The van der Waals surface area contributed by atoms with Gasteiger partial charge in [-0.3, -0.25) is 4.79 Å². The SMILES string of the molecule is CCCCN(C(=O)C1(CN)CC1)C1CC1. The predicted octanol–water partition coefficient (Wildman–Crippen LogP) is 1.52. The lowest BCUT2D eigenvalue weighted by molar-refractivity contribution is -0.137. The quantitative estimate of drug-likeness (QED) is 0.722. The molecule has 0 atom stereocenters. The summed E-state index contributed by atoms with van der Waals surface area (Å²) < 4.78 is 0. The number of carbonyl (C=O) groups is 1. The van der Waals surface area contributed by atoms with Crippen molar-refractivity contribution < 1.29 is 4.79 Å². The van der Waals surface area contributed by atoms with Crippen molar-refractivity contribution in [1.29, 1.82) is 0 Å². The molecule has 0 saturated heterocycles. The fourth-order valence-electron chi connectivity index (χ4n) is 2.13. The molecular formula is C12H22N2O. The molecule has 0 bridgehead atoms. The molecular weight excluding hydrogens is 188 g/mol. The Bertz CT molecular complexity index is 244. The van der Waals surface area contributed by atoms with E-state index in [9.17, 15) is 4.79 Å². The Kier molecular flexibility index (Phi) is 3.01. The normalized spacial score (nSPS) is 22.5. The highest BCUT2D eigenvalue weighted by atomic mass is 16.2. The second-order valence-electron chi connectivity index (χ2n) is 5.07. The van der Waals surface area contributed by atoms with Crippen LogP contribution in [0.1, 0.15) is 45.4 Å². The molecule has 2 rings (SSSR count). The van der Waals surface area contributed by atoms with Gasteiger partial charge in [0, 0.05) is 19.1 Å². The fourth-order valence-corrected chi connectivity index (χ4v) is 2.13. The first-order valence-electron chi connectivity index (χ1n) is 6.24. The molecule has 0 unspecified atom stereocenters. The summed E-state index contributed by atoms with van der Waals surface area (Å²) >= 11 is 0. The molecule has 2 aliphatic rings. The summed E-state index contributed by atoms with van der Waals surface area (Å²) in [5.41, 5.74) is 5.57. The van der Waals surface area contributed by atoms with E-state index in [1.54, 1.807) is 0 Å². The molecule has 0 aromatic carbocycles. The van der Waals surface area contributed by atoms with Gasteiger partial charge in [-0.15, -0.1) is 0 Å². The molecule has 0 spiro atoms. The molecule has 0 aromatic rings. The molecule has 0 heterocycles. The zero-order chi connectivity index (χ0) is 10.9. The minimum absolute atomic E-state index is 0.143. The smallest absolute Gasteiger partial charge is 0.230 e. The zero-order valence-electron chi connectivity index (χ0n) is 9.67. The highest BCUT2D eigenvalue weighted by Gasteiger charge is 2.52. The largest absolute Gasteiger partial charge is 0.339 e. The summed E-state index contributed by atoms with van der Waals surface area (Å²) in [5, 5.41) is 0. The van der Waals surface area contributed by atoms with Crippen LogP contribution in [0.25, 0.3) is 0 Å². The summed E-state index contributed by atoms with van der Waals surface area (Å²) in [6, 6.07) is 0.549. The second-order valence-corrected chi connectivity index (χ2v) is 5.07. The van der Waals surface area contributed by atoms with E-state index in [0.29, 0.717) is 18.5 Å². The van der Waals surface area contributed by atoms with Crippen molar-refractivity contribution in [3.05, 3.63) is 0 Å². The fraction of sp³-hybridized carbons (Fsp3) is 0.917. The van der Waals surface area contributed by atoms with Gasteiger partial charge in [0.2, 0.25) is 5.91 Å². The van der Waals surface area contributed by atoms with E-state index in [1.165, 1.54) is 12.8 Å². The molecule has 2 N–H and O–H groups in total. The van der Waals surface area contributed by atoms with Crippen LogP contribution in [0.15, 0.2) is 0 Å². The highest BCUT2D eigenvalue weighted by Crippen LogP contribution is 2.47. The van der Waals surface area contributed by atoms with Gasteiger partial charge in [0.05, 0.1) is 5.41 Å². The summed E-state index contributed by atoms with van der Waals surface area (Å²) in [4.78, 5) is 14.4. The average Bonchev–Trinajstić information content (AvgIpc) is 3.12. The standard InChI is InChI=1S/C12H22N2O/c1-2-3-8-14(10-4-5-10)11(15)12(9-13)6-7-12/h10H,2-9,13H2,1H3. The second kappa shape index (κ2) is 4.12. The summed E-state index contributed by atoms with van der Waals surface area (Å²) in [6.07, 6.45) is 6.72. The summed E-state index contributed by atoms with van der Waals surface area (Å²) in [7, 11) is 0. The molecule has 0 radical (unpaired) electrons. The number of rotatable bonds is 6. The van der Waals surface area contributed by atoms with Gasteiger partial charge in [-0.1, -0.05) is 13.3 Å². The Labute approximate surface area is 92.0 Å². The van der Waals surface area contributed by atoms with Crippen LogP contribution in [0.3, 0.4) is 0 Å². The Hall–Kier alpha value is -0.570. The van der Waals surface area contributed by atoms with E-state index >= 15 is 0 Å². The highest BCUT2D eigenvalue weighted by molar-refractivity contribution is 5.86. The van der Waals surface area contributed by atoms with Gasteiger partial charge in [0.25, 0.3) is 0 Å². The molecule has 1 amide bonds. The van der Waals surface area contributed by atoms with Crippen LogP contribution < -0.4 is 5.73 Å². The number of hydrogen-bond acceptors (Lipinski definition) is 2. The van der Waals surface area contributed by atoms with Crippen LogP contribution in [0, 0.1) is 5.41 Å². The number of nitrogens with zero attached hydrogens (tertiary/aromatic N) is 1. The number of nitrogens with two attached hydrogens (primary N) is 1. The molecule has 3 nitrogen and oxygen atoms in total. The van der Waals surface area contributed by atoms with E-state index in [4.69, 9.17) is 5.73 Å². The molecule has 3 heteroatoms. The van der Waals surface area contributed by atoms with Gasteiger partial charge in [-0.25, -0.2) is 0 Å². The lowest BCUT2D eigenvalue weighted by Crippen LogP contribution is -2.42. The van der Waals surface area contributed by atoms with Crippen molar-refractivity contribution >= 4 is 5.91 Å². The third-order valence-corrected chi connectivity index (χ3v) is 3.70. The first-order valence-corrected chi connectivity index (χ1v) is 6.24. The molecule has 0 aliphatic heterocycles. The van der Waals surface area contributed by atoms with Crippen molar-refractivity contribution in [1.82, 2.24) is 4.90 Å². The van der Waals surface area contributed by atoms with Gasteiger partial charge < -0.3 is 10.6 Å². The predicted molar refractivity (Wildman–Crippen MR) is 60.4 cm³/mol. The van der Waals surface area contributed by atoms with Crippen molar-refractivity contribution in [3.63, 3.8) is 0 Å². The zero-order valence-corrected chi connectivity index (χ0v) is 9.67. The lowest BCUT2D eigenvalue weighted by Gasteiger charge is -2.26. The number of unbranched alkanes of at least 4 members (excludes halogenated alkanes) is 1. The third kappa shape index (κ3) is 2.17. The van der Waals surface area contributed by atoms with Gasteiger partial charge in [-0.05, 0) is 32.1 Å². The van der Waals surface area contributed by atoms with E-state index in [1.807, 2.05) is 0 Å². The monoisotopic (exact) mass is 210 g/mol. The number of carbonyl (C=O) groups excluding carboxylic acids is 1. The molecule has 0 aromatic heterocycles. The molecule has 15 heavy (non-hydrogen) atoms. The summed E-state index contributed by atoms with van der Waals surface area (Å²) in [6.45, 7) is 3.66. The Morgan fingerprint density at radius 3 is 2.53 bits per heavy atom. The Balaban J connectivity index is 1.94. The van der Waals surface area contributed by atoms with Crippen LogP contribution in [-0.4, -0.2) is 29.9 Å². The van der Waals surface area contributed by atoms with E-state index in [2.05, 4.69) is 11.8 Å². The Morgan fingerprint density at radius 2 is 2.13 bits per heavy atom. The minimum atomic E-state index is -0.143. The van der Waals surface area contributed by atoms with Crippen molar-refractivity contribution in [3.8, 4) is 0 Å². The van der Waals surface area contributed by atoms with Crippen molar-refractivity contribution in [2.24, 2.45) is 11.1 Å². The van der Waals surface area contributed by atoms with Gasteiger partial charge >= 0.3 is 0 Å². The van der Waals surface area contributed by atoms with Crippen LogP contribution in [0.5, 0.6) is 0 Å². The van der Waals surface area contributed by atoms with Crippen LogP contribution in [-0.2, 0) is 4.79 Å². The maximum absolute atomic E-state index is 12.3. The minimum Gasteiger partial charge on any atom is -0.339 e. The molecule has 2 saturated carbocycles. The van der Waals surface area contributed by atoms with Crippen LogP contribution in [0.2, 0.25) is 0 Å². The Morgan fingerprint density at radius 1 is 1.47 bits per heavy atom. The number of amides is 1. The average molecular weight is 210 g/mol. The van der Waals surface area contributed by atoms with E-state index in [-0.39, 0.29) is 5.41 Å². The van der Waals surface area contributed by atoms with E-state index < -0.39 is 0 Å². The van der Waals surface area contributed by atoms with Gasteiger partial charge in [0.15, 0.2) is 0 Å². The van der Waals surface area contributed by atoms with Gasteiger partial charge in [0.1, 0.15) is 0 Å². The first-order chi connectivity index (χ1) is 7.23.